The van der Waals surface area contributed by atoms with Gasteiger partial charge in [-0.25, -0.2) is 0 Å². The first-order valence-electron chi connectivity index (χ1n) is 5.60. The lowest BCUT2D eigenvalue weighted by Gasteiger charge is -2.27. The van der Waals surface area contributed by atoms with Gasteiger partial charge >= 0.3 is 0 Å². The molecule has 84 valence electrons. The standard InChI is InChI=1S/C11H20N4/c1-8(2)6-15-5-4-10-9(7-15)11(12)14(3)13-10/h8H,4-7,12H2,1-3H3. The Morgan fingerprint density at radius 3 is 2.87 bits per heavy atom. The molecule has 4 nitrogen and oxygen atoms in total. The van der Waals surface area contributed by atoms with E-state index in [-0.39, 0.29) is 0 Å². The van der Waals surface area contributed by atoms with Crippen LogP contribution in [0, 0.1) is 5.92 Å². The van der Waals surface area contributed by atoms with Crippen LogP contribution in [0.1, 0.15) is 25.1 Å². The third-order valence-electron chi connectivity index (χ3n) is 2.95. The van der Waals surface area contributed by atoms with Crippen LogP contribution in [0.4, 0.5) is 5.82 Å². The second kappa shape index (κ2) is 3.85. The Balaban J connectivity index is 2.15. The van der Waals surface area contributed by atoms with Crippen molar-refractivity contribution in [1.29, 1.82) is 0 Å². The molecule has 2 rings (SSSR count). The highest BCUT2D eigenvalue weighted by molar-refractivity contribution is 5.44. The third-order valence-corrected chi connectivity index (χ3v) is 2.95. The highest BCUT2D eigenvalue weighted by atomic mass is 15.3. The number of aryl methyl sites for hydroxylation is 1. The molecule has 0 spiro atoms. The topological polar surface area (TPSA) is 47.1 Å². The van der Waals surface area contributed by atoms with Gasteiger partial charge in [0.25, 0.3) is 0 Å². The van der Waals surface area contributed by atoms with Gasteiger partial charge in [-0.1, -0.05) is 13.8 Å². The lowest BCUT2D eigenvalue weighted by molar-refractivity contribution is 0.226. The molecule has 1 aromatic heterocycles. The van der Waals surface area contributed by atoms with Gasteiger partial charge in [-0.05, 0) is 5.92 Å². The molecule has 0 saturated carbocycles. The Morgan fingerprint density at radius 1 is 1.47 bits per heavy atom. The second-order valence-electron chi connectivity index (χ2n) is 4.81. The van der Waals surface area contributed by atoms with E-state index in [0.717, 1.165) is 31.9 Å². The fourth-order valence-electron chi connectivity index (χ4n) is 2.25. The van der Waals surface area contributed by atoms with Crippen molar-refractivity contribution < 1.29 is 0 Å². The van der Waals surface area contributed by atoms with Gasteiger partial charge in [0.15, 0.2) is 0 Å². The normalized spacial score (nSPS) is 17.1. The summed E-state index contributed by atoms with van der Waals surface area (Å²) in [4.78, 5) is 2.46. The Morgan fingerprint density at radius 2 is 2.20 bits per heavy atom. The Labute approximate surface area is 91.1 Å². The second-order valence-corrected chi connectivity index (χ2v) is 4.81. The first-order valence-corrected chi connectivity index (χ1v) is 5.60. The van der Waals surface area contributed by atoms with Gasteiger partial charge in [-0.2, -0.15) is 5.10 Å². The molecular formula is C11H20N4. The number of fused-ring (bicyclic) bond motifs is 1. The number of aromatic nitrogens is 2. The van der Waals surface area contributed by atoms with Crippen LogP contribution in [0.25, 0.3) is 0 Å². The van der Waals surface area contributed by atoms with Crippen LogP contribution >= 0.6 is 0 Å². The summed E-state index contributed by atoms with van der Waals surface area (Å²) in [6.45, 7) is 7.73. The third kappa shape index (κ3) is 2.00. The van der Waals surface area contributed by atoms with Crippen molar-refractivity contribution in [2.45, 2.75) is 26.8 Å². The van der Waals surface area contributed by atoms with Crippen molar-refractivity contribution in [2.75, 3.05) is 18.8 Å². The zero-order chi connectivity index (χ0) is 11.0. The van der Waals surface area contributed by atoms with Crippen molar-refractivity contribution in [1.82, 2.24) is 14.7 Å². The van der Waals surface area contributed by atoms with Crippen LogP contribution < -0.4 is 5.73 Å². The SMILES string of the molecule is CC(C)CN1CCc2nn(C)c(N)c2C1. The molecule has 4 heteroatoms. The Bertz CT molecular complexity index is 354. The number of nitrogens with zero attached hydrogens (tertiary/aromatic N) is 3. The van der Waals surface area contributed by atoms with E-state index in [2.05, 4.69) is 23.8 Å². The van der Waals surface area contributed by atoms with Crippen molar-refractivity contribution in [3.63, 3.8) is 0 Å². The zero-order valence-corrected chi connectivity index (χ0v) is 9.82. The maximum atomic E-state index is 5.99. The Hall–Kier alpha value is -1.03. The van der Waals surface area contributed by atoms with E-state index in [9.17, 15) is 0 Å². The number of nitrogens with two attached hydrogens (primary N) is 1. The van der Waals surface area contributed by atoms with Crippen LogP contribution in [0.2, 0.25) is 0 Å². The predicted octanol–water partition coefficient (Wildman–Crippen LogP) is 1.02. The van der Waals surface area contributed by atoms with Crippen molar-refractivity contribution in [3.8, 4) is 0 Å². The fourth-order valence-corrected chi connectivity index (χ4v) is 2.25. The molecule has 1 aromatic rings. The number of rotatable bonds is 2. The first-order chi connectivity index (χ1) is 7.08. The molecule has 0 bridgehead atoms. The van der Waals surface area contributed by atoms with E-state index in [1.807, 2.05) is 7.05 Å². The van der Waals surface area contributed by atoms with Gasteiger partial charge < -0.3 is 5.73 Å². The number of anilines is 1. The number of hydrogen-bond acceptors (Lipinski definition) is 3. The van der Waals surface area contributed by atoms with Crippen molar-refractivity contribution in [3.05, 3.63) is 11.3 Å². The average molecular weight is 208 g/mol. The minimum atomic E-state index is 0.712. The summed E-state index contributed by atoms with van der Waals surface area (Å²) < 4.78 is 1.80. The molecular weight excluding hydrogens is 188 g/mol. The molecule has 0 atom stereocenters. The summed E-state index contributed by atoms with van der Waals surface area (Å²) >= 11 is 0. The lowest BCUT2D eigenvalue weighted by Crippen LogP contribution is -2.33. The summed E-state index contributed by atoms with van der Waals surface area (Å²) in [5.41, 5.74) is 8.42. The minimum Gasteiger partial charge on any atom is -0.384 e. The molecule has 2 N–H and O–H groups in total. The van der Waals surface area contributed by atoms with Gasteiger partial charge in [0, 0.05) is 38.7 Å². The van der Waals surface area contributed by atoms with Crippen LogP contribution in [-0.2, 0) is 20.0 Å². The first kappa shape index (κ1) is 10.5. The number of nitrogen functional groups attached to an aromatic ring is 1. The van der Waals surface area contributed by atoms with Gasteiger partial charge in [0.1, 0.15) is 5.82 Å². The maximum Gasteiger partial charge on any atom is 0.126 e. The summed E-state index contributed by atoms with van der Waals surface area (Å²) in [6.07, 6.45) is 1.03. The van der Waals surface area contributed by atoms with Crippen LogP contribution in [0.15, 0.2) is 0 Å². The molecule has 0 fully saturated rings. The summed E-state index contributed by atoms with van der Waals surface area (Å²) in [7, 11) is 1.92. The summed E-state index contributed by atoms with van der Waals surface area (Å²) in [6, 6.07) is 0. The quantitative estimate of drug-likeness (QED) is 0.789. The van der Waals surface area contributed by atoms with E-state index in [4.69, 9.17) is 5.73 Å². The largest absolute Gasteiger partial charge is 0.384 e. The summed E-state index contributed by atoms with van der Waals surface area (Å²) in [5, 5.41) is 4.43. The minimum absolute atomic E-state index is 0.712. The van der Waals surface area contributed by atoms with Crippen molar-refractivity contribution >= 4 is 5.82 Å². The molecule has 2 heterocycles. The smallest absolute Gasteiger partial charge is 0.126 e. The van der Waals surface area contributed by atoms with E-state index >= 15 is 0 Å². The molecule has 0 amide bonds. The van der Waals surface area contributed by atoms with Gasteiger partial charge in [0.2, 0.25) is 0 Å². The predicted molar refractivity (Wildman–Crippen MR) is 61.4 cm³/mol. The molecule has 15 heavy (non-hydrogen) atoms. The van der Waals surface area contributed by atoms with Gasteiger partial charge in [-0.3, -0.25) is 9.58 Å². The maximum absolute atomic E-state index is 5.99. The number of hydrogen-bond donors (Lipinski definition) is 1. The van der Waals surface area contributed by atoms with Crippen molar-refractivity contribution in [2.24, 2.45) is 13.0 Å². The van der Waals surface area contributed by atoms with Crippen LogP contribution in [0.5, 0.6) is 0 Å². The molecule has 0 saturated heterocycles. The van der Waals surface area contributed by atoms with E-state index in [1.54, 1.807) is 4.68 Å². The van der Waals surface area contributed by atoms with Crippen LogP contribution in [-0.4, -0.2) is 27.8 Å². The lowest BCUT2D eigenvalue weighted by atomic mass is 10.1. The summed E-state index contributed by atoms with van der Waals surface area (Å²) in [5.74, 6) is 1.54. The monoisotopic (exact) mass is 208 g/mol. The van der Waals surface area contributed by atoms with Crippen LogP contribution in [0.3, 0.4) is 0 Å². The highest BCUT2D eigenvalue weighted by Gasteiger charge is 2.22. The van der Waals surface area contributed by atoms with Gasteiger partial charge in [0.05, 0.1) is 5.69 Å². The average Bonchev–Trinajstić information content (AvgIpc) is 2.43. The highest BCUT2D eigenvalue weighted by Crippen LogP contribution is 2.23. The zero-order valence-electron chi connectivity index (χ0n) is 9.82. The molecule has 0 aliphatic carbocycles. The van der Waals surface area contributed by atoms with E-state index in [1.165, 1.54) is 11.3 Å². The molecule has 0 aromatic carbocycles. The molecule has 0 radical (unpaired) electrons. The van der Waals surface area contributed by atoms with Gasteiger partial charge in [-0.15, -0.1) is 0 Å². The molecule has 1 aliphatic heterocycles. The molecule has 0 unspecified atom stereocenters. The van der Waals surface area contributed by atoms with E-state index < -0.39 is 0 Å². The fraction of sp³-hybridized carbons (Fsp3) is 0.727. The van der Waals surface area contributed by atoms with E-state index in [0.29, 0.717) is 5.92 Å². The Kier molecular flexibility index (Phi) is 2.69. The molecule has 1 aliphatic rings.